The van der Waals surface area contributed by atoms with E-state index in [9.17, 15) is 0 Å². The van der Waals surface area contributed by atoms with Gasteiger partial charge in [-0.15, -0.1) is 38.2 Å². The molecule has 0 radical (unpaired) electrons. The molecular weight excluding hydrogens is 560 g/mol. The first-order valence-corrected chi connectivity index (χ1v) is 17.0. The summed E-state index contributed by atoms with van der Waals surface area (Å²) in [6, 6.07) is 0. The third-order valence-corrected chi connectivity index (χ3v) is 12.5. The van der Waals surface area contributed by atoms with Gasteiger partial charge in [-0.25, -0.2) is 15.0 Å². The van der Waals surface area contributed by atoms with Crippen molar-refractivity contribution < 1.29 is 9.31 Å². The van der Waals surface area contributed by atoms with Crippen LogP contribution in [0.25, 0.3) is 34.2 Å². The number of hydrogen-bond acceptors (Lipinski definition) is 5. The number of benzene rings is 3. The molecule has 1 aliphatic rings. The van der Waals surface area contributed by atoms with Crippen LogP contribution in [-0.2, 0) is 9.31 Å². The van der Waals surface area contributed by atoms with Gasteiger partial charge < -0.3 is 9.31 Å². The minimum atomic E-state index is -0.488. The quantitative estimate of drug-likeness (QED) is 0.218. The molecule has 1 fully saturated rings. The Labute approximate surface area is 295 Å². The number of nitrogens with zero attached hydrogens (tertiary/aromatic N) is 3. The molecule has 0 spiro atoms. The van der Waals surface area contributed by atoms with E-state index in [-0.39, 0.29) is 0 Å². The van der Waals surface area contributed by atoms with Crippen molar-refractivity contribution in [1.82, 2.24) is 15.0 Å². The summed E-state index contributed by atoms with van der Waals surface area (Å²) >= 11 is 0. The zero-order chi connectivity index (χ0) is 35.2. The molecule has 2 heterocycles. The molecule has 3 aromatic carbocycles. The van der Waals surface area contributed by atoms with E-state index in [2.05, 4.69) is 138 Å². The monoisotopic (exact) mass is 603 g/mol. The maximum Gasteiger partial charge on any atom is 0.493 e. The molecule has 5 rings (SSSR count). The Bertz CT molecular complexity index is 1860. The summed E-state index contributed by atoms with van der Waals surface area (Å²) in [4.78, 5) is 16.1. The Morgan fingerprint density at radius 2 is 0.596 bits per heavy atom. The summed E-state index contributed by atoms with van der Waals surface area (Å²) in [5.74, 6) is 2.12. The summed E-state index contributed by atoms with van der Waals surface area (Å²) in [5, 5.41) is 0. The van der Waals surface area contributed by atoms with E-state index >= 15 is 0 Å². The molecule has 0 bridgehead atoms. The SMILES string of the molecule is Bc1c(B)c(B)c(-c2nc(-c3c(B)c(B)c(B)c(B)c3B)nc(-c3c(B)c(B)c(B)c(B4OC(C)(C)C(C)(C)O4)c3B)n2)c(B)c1B. The van der Waals surface area contributed by atoms with Gasteiger partial charge in [-0.3, -0.25) is 0 Å². The van der Waals surface area contributed by atoms with Gasteiger partial charge in [0.05, 0.1) is 11.2 Å². The Morgan fingerprint density at radius 1 is 0.362 bits per heavy atom. The molecule has 0 unspecified atom stereocenters. The Balaban J connectivity index is 1.91. The van der Waals surface area contributed by atoms with Crippen molar-refractivity contribution in [3.63, 3.8) is 0 Å². The van der Waals surface area contributed by atoms with Crippen LogP contribution < -0.4 is 81.9 Å². The van der Waals surface area contributed by atoms with Crippen LogP contribution in [0, 0.1) is 0 Å². The van der Waals surface area contributed by atoms with Crippen molar-refractivity contribution in [2.75, 3.05) is 0 Å². The lowest BCUT2D eigenvalue weighted by Gasteiger charge is -2.32. The summed E-state index contributed by atoms with van der Waals surface area (Å²) in [6.45, 7) is 8.43. The minimum absolute atomic E-state index is 0.449. The zero-order valence-electron chi connectivity index (χ0n) is 32.2. The predicted molar refractivity (Wildman–Crippen MR) is 246 cm³/mol. The fourth-order valence-corrected chi connectivity index (χ4v) is 7.40. The lowest BCUT2D eigenvalue weighted by atomic mass is 9.56. The van der Waals surface area contributed by atoms with Crippen LogP contribution in [0.3, 0.4) is 0 Å². The van der Waals surface area contributed by atoms with Gasteiger partial charge in [-0.2, -0.15) is 0 Å². The first kappa shape index (κ1) is 35.9. The van der Waals surface area contributed by atoms with Crippen LogP contribution in [0.4, 0.5) is 0 Å². The second kappa shape index (κ2) is 12.2. The first-order valence-electron chi connectivity index (χ1n) is 17.0. The fourth-order valence-electron chi connectivity index (χ4n) is 7.40. The van der Waals surface area contributed by atoms with Gasteiger partial charge in [-0.1, -0.05) is 38.2 Å². The summed E-state index contributed by atoms with van der Waals surface area (Å²) in [6.07, 6.45) is 0. The topological polar surface area (TPSA) is 57.1 Å². The number of hydrogen-bond donors (Lipinski definition) is 0. The van der Waals surface area contributed by atoms with E-state index in [0.29, 0.717) is 5.82 Å². The molecule has 1 aliphatic heterocycles. The van der Waals surface area contributed by atoms with Gasteiger partial charge >= 0.3 is 7.12 Å². The normalized spacial score (nSPS) is 15.3. The zero-order valence-corrected chi connectivity index (χ0v) is 32.2. The second-order valence-corrected chi connectivity index (χ2v) is 15.2. The van der Waals surface area contributed by atoms with Crippen molar-refractivity contribution in [2.24, 2.45) is 0 Å². The molecule has 0 atom stereocenters. The van der Waals surface area contributed by atoms with Crippen molar-refractivity contribution >= 4 is 199 Å². The average Bonchev–Trinajstić information content (AvgIpc) is 3.21. The van der Waals surface area contributed by atoms with Gasteiger partial charge in [0.25, 0.3) is 0 Å². The van der Waals surface area contributed by atoms with Crippen LogP contribution >= 0.6 is 0 Å². The van der Waals surface area contributed by atoms with Crippen LogP contribution in [0.5, 0.6) is 0 Å². The van der Waals surface area contributed by atoms with E-state index in [1.807, 2.05) is 0 Å². The van der Waals surface area contributed by atoms with Gasteiger partial charge in [0.1, 0.15) is 110 Å². The summed E-state index contributed by atoms with van der Waals surface area (Å²) in [7, 11) is 30.3. The molecule has 5 nitrogen and oxygen atoms in total. The average molecular weight is 601 g/mol. The van der Waals surface area contributed by atoms with E-state index < -0.39 is 18.3 Å². The predicted octanol–water partition coefficient (Wildman–Crippen LogP) is -19.2. The molecule has 0 saturated carbocycles. The number of rotatable bonds is 4. The van der Waals surface area contributed by atoms with Crippen molar-refractivity contribution in [3.8, 4) is 34.2 Å². The Hall–Kier alpha value is -2.44. The highest BCUT2D eigenvalue weighted by molar-refractivity contribution is 6.77. The standard InChI is InChI=1S/C27H40B15N3O2/c1-26(2)27(3,4)47-42(46-26)22-13(33)7(12(32)18(38)21(22)41)25-44-23(5-8(28)14(34)19(39)15(35)9(5)29)43-24(45-25)6-10(30)16(36)20(40)17(37)11(6)31/h28-41H2,1-4H3. The molecule has 20 heteroatoms. The van der Waals surface area contributed by atoms with Crippen molar-refractivity contribution in [3.05, 3.63) is 0 Å². The molecule has 0 amide bonds. The Morgan fingerprint density at radius 3 is 0.894 bits per heavy atom. The lowest BCUT2D eigenvalue weighted by Crippen LogP contribution is -2.61. The summed E-state index contributed by atoms with van der Waals surface area (Å²) in [5.41, 5.74) is 20.6. The third kappa shape index (κ3) is 5.54. The molecule has 220 valence electrons. The first-order chi connectivity index (χ1) is 21.6. The highest BCUT2D eigenvalue weighted by Gasteiger charge is 2.52. The van der Waals surface area contributed by atoms with Crippen molar-refractivity contribution in [2.45, 2.75) is 38.9 Å². The maximum atomic E-state index is 6.65. The molecular formula is C27H40B15N3O2. The van der Waals surface area contributed by atoms with Gasteiger partial charge in [-0.05, 0) is 33.2 Å². The smallest absolute Gasteiger partial charge is 0.399 e. The van der Waals surface area contributed by atoms with E-state index in [1.54, 1.807) is 0 Å². The van der Waals surface area contributed by atoms with Crippen LogP contribution in [0.15, 0.2) is 0 Å². The highest BCUT2D eigenvalue weighted by Crippen LogP contribution is 2.36. The van der Waals surface area contributed by atoms with Crippen LogP contribution in [-0.4, -0.2) is 143 Å². The Kier molecular flexibility index (Phi) is 9.28. The summed E-state index contributed by atoms with van der Waals surface area (Å²) < 4.78 is 13.3. The van der Waals surface area contributed by atoms with E-state index in [4.69, 9.17) is 24.3 Å². The van der Waals surface area contributed by atoms with Gasteiger partial charge in [0, 0.05) is 16.7 Å². The van der Waals surface area contributed by atoms with Crippen molar-refractivity contribution in [1.29, 1.82) is 0 Å². The molecule has 0 N–H and O–H groups in total. The third-order valence-electron chi connectivity index (χ3n) is 12.5. The highest BCUT2D eigenvalue weighted by atomic mass is 16.7. The van der Waals surface area contributed by atoms with Crippen LogP contribution in [0.1, 0.15) is 27.7 Å². The molecule has 0 aliphatic carbocycles. The molecule has 1 aromatic heterocycles. The maximum absolute atomic E-state index is 6.65. The van der Waals surface area contributed by atoms with Crippen LogP contribution in [0.2, 0.25) is 0 Å². The fraction of sp³-hybridized carbons (Fsp3) is 0.222. The molecule has 4 aromatic rings. The van der Waals surface area contributed by atoms with Gasteiger partial charge in [0.15, 0.2) is 17.5 Å². The second-order valence-electron chi connectivity index (χ2n) is 15.2. The minimum Gasteiger partial charge on any atom is -0.399 e. The van der Waals surface area contributed by atoms with E-state index in [1.165, 1.54) is 65.6 Å². The number of aromatic nitrogens is 3. The molecule has 1 saturated heterocycles. The lowest BCUT2D eigenvalue weighted by molar-refractivity contribution is 0.00578. The molecule has 47 heavy (non-hydrogen) atoms. The van der Waals surface area contributed by atoms with E-state index in [0.717, 1.165) is 44.7 Å². The largest absolute Gasteiger partial charge is 0.493 e. The van der Waals surface area contributed by atoms with Gasteiger partial charge in [0.2, 0.25) is 0 Å².